The third kappa shape index (κ3) is 53.3. The van der Waals surface area contributed by atoms with E-state index in [9.17, 15) is 0 Å². The van der Waals surface area contributed by atoms with Crippen LogP contribution in [0.5, 0.6) is 0 Å². The molecular weight excluding hydrogens is 1750 g/mol. The van der Waals surface area contributed by atoms with Crippen molar-refractivity contribution in [2.45, 2.75) is 610 Å². The molecule has 0 spiro atoms. The van der Waals surface area contributed by atoms with Gasteiger partial charge in [0, 0.05) is 0 Å². The van der Waals surface area contributed by atoms with Gasteiger partial charge in [-0.25, -0.2) is 50.5 Å². The Morgan fingerprint density at radius 2 is 0.182 bits per heavy atom. The molecule has 12 nitrogen and oxygen atoms in total. The van der Waals surface area contributed by atoms with Crippen molar-refractivity contribution in [2.24, 2.45) is 0 Å². The van der Waals surface area contributed by atoms with Gasteiger partial charge in [0.15, 0.2) is 59.0 Å². The zero-order valence-electron chi connectivity index (χ0n) is 86.5. The van der Waals surface area contributed by atoms with E-state index in [0.29, 0.717) is 38.5 Å². The smallest absolute Gasteiger partial charge is 0.179 e. The molecular formula is C114H204O12S6. The van der Waals surface area contributed by atoms with Crippen LogP contribution in [0.25, 0.3) is 32.3 Å². The van der Waals surface area contributed by atoms with Crippen LogP contribution in [0, 0.1) is 0 Å². The third-order valence-electron chi connectivity index (χ3n) is 28.7. The monoisotopic (exact) mass is 1960 g/mol. The van der Waals surface area contributed by atoms with E-state index < -0.39 is 88.4 Å². The van der Waals surface area contributed by atoms with Gasteiger partial charge < -0.3 is 0 Å². The Balaban J connectivity index is 2.01. The molecule has 0 bridgehead atoms. The summed E-state index contributed by atoms with van der Waals surface area (Å²) < 4.78 is 189. The maximum absolute atomic E-state index is 15.7. The molecule has 0 radical (unpaired) electrons. The Morgan fingerprint density at radius 3 is 0.258 bits per heavy atom. The van der Waals surface area contributed by atoms with Gasteiger partial charge in [-0.15, -0.1) is 0 Å². The Labute approximate surface area is 816 Å². The zero-order chi connectivity index (χ0) is 95.8. The van der Waals surface area contributed by atoms with Gasteiger partial charge in [-0.3, -0.25) is 0 Å². The number of sulfone groups is 6. The quantitative estimate of drug-likeness (QED) is 0.0299. The lowest BCUT2D eigenvalue weighted by molar-refractivity contribution is 0.536. The van der Waals surface area contributed by atoms with E-state index in [-0.39, 0.29) is 105 Å². The van der Waals surface area contributed by atoms with Crippen LogP contribution in [0.2, 0.25) is 0 Å². The molecule has 4 aromatic rings. The minimum absolute atomic E-state index is 0.115. The average molecular weight is 1960 g/mol. The molecule has 0 aliphatic heterocycles. The molecule has 0 atom stereocenters. The molecule has 0 aliphatic rings. The Morgan fingerprint density at radius 1 is 0.114 bits per heavy atom. The molecule has 0 unspecified atom stereocenters. The molecule has 132 heavy (non-hydrogen) atoms. The van der Waals surface area contributed by atoms with Gasteiger partial charge in [0.2, 0.25) is 0 Å². The van der Waals surface area contributed by atoms with E-state index in [2.05, 4.69) is 41.5 Å². The number of rotatable bonds is 96. The van der Waals surface area contributed by atoms with Crippen LogP contribution in [-0.2, 0) is 59.0 Å². The van der Waals surface area contributed by atoms with Crippen molar-refractivity contribution in [3.63, 3.8) is 0 Å². The van der Waals surface area contributed by atoms with Crippen molar-refractivity contribution in [2.75, 3.05) is 34.5 Å². The maximum Gasteiger partial charge on any atom is 0.179 e. The van der Waals surface area contributed by atoms with E-state index in [4.69, 9.17) is 0 Å². The van der Waals surface area contributed by atoms with Crippen LogP contribution in [-0.4, -0.2) is 85.0 Å². The molecule has 18 heteroatoms. The second kappa shape index (κ2) is 76.1. The van der Waals surface area contributed by atoms with Crippen LogP contribution < -0.4 is 0 Å². The number of hydrogen-bond acceptors (Lipinski definition) is 12. The van der Waals surface area contributed by atoms with Gasteiger partial charge in [0.25, 0.3) is 0 Å². The highest BCUT2D eigenvalue weighted by atomic mass is 32.2. The summed E-state index contributed by atoms with van der Waals surface area (Å²) in [6.45, 7) is 13.4. The molecule has 0 N–H and O–H groups in total. The number of hydrogen-bond donors (Lipinski definition) is 0. The molecule has 0 aromatic heterocycles. The number of fused-ring (bicyclic) bond motifs is 6. The predicted molar refractivity (Wildman–Crippen MR) is 573 cm³/mol. The van der Waals surface area contributed by atoms with Gasteiger partial charge >= 0.3 is 0 Å². The third-order valence-corrected chi connectivity index (χ3v) is 40.1. The second-order valence-electron chi connectivity index (χ2n) is 41.0. The molecule has 0 amide bonds. The lowest BCUT2D eigenvalue weighted by Gasteiger charge is -2.20. The summed E-state index contributed by atoms with van der Waals surface area (Å²) in [7, 11) is -26.8. The zero-order valence-corrected chi connectivity index (χ0v) is 91.4. The molecule has 0 saturated heterocycles. The van der Waals surface area contributed by atoms with Crippen LogP contribution in [0.1, 0.15) is 581 Å². The highest BCUT2D eigenvalue weighted by molar-refractivity contribution is 7.95. The lowest BCUT2D eigenvalue weighted by Crippen LogP contribution is -2.17. The predicted octanol–water partition coefficient (Wildman–Crippen LogP) is 36.7. The fourth-order valence-electron chi connectivity index (χ4n) is 20.1. The van der Waals surface area contributed by atoms with Gasteiger partial charge in [-0.2, -0.15) is 0 Å². The van der Waals surface area contributed by atoms with Crippen LogP contribution in [0.4, 0.5) is 0 Å². The molecule has 4 rings (SSSR count). The fraction of sp³-hybridized carbons (Fsp3) is 0.842. The summed E-state index contributed by atoms with van der Waals surface area (Å²) in [6.07, 6.45) is 88.9. The van der Waals surface area contributed by atoms with E-state index in [1.54, 1.807) is 0 Å². The molecule has 0 saturated carbocycles. The topological polar surface area (TPSA) is 205 Å². The van der Waals surface area contributed by atoms with Gasteiger partial charge in [-0.05, 0) is 107 Å². The molecule has 0 heterocycles. The normalized spacial score (nSPS) is 12.7. The summed E-state index contributed by atoms with van der Waals surface area (Å²) in [5.74, 6) is -2.13. The van der Waals surface area contributed by atoms with Crippen molar-refractivity contribution in [1.82, 2.24) is 0 Å². The Kier molecular flexibility index (Phi) is 70.2. The van der Waals surface area contributed by atoms with Crippen molar-refractivity contribution in [3.05, 3.63) is 36.4 Å². The summed E-state index contributed by atoms with van der Waals surface area (Å²) in [5, 5.41) is 0.693. The fourth-order valence-corrected chi connectivity index (χ4v) is 31.1. The van der Waals surface area contributed by atoms with E-state index >= 15 is 50.5 Å². The minimum atomic E-state index is -4.47. The van der Waals surface area contributed by atoms with Crippen molar-refractivity contribution in [3.8, 4) is 0 Å². The first kappa shape index (κ1) is 122. The van der Waals surface area contributed by atoms with Crippen LogP contribution >= 0.6 is 0 Å². The summed E-state index contributed by atoms with van der Waals surface area (Å²) in [4.78, 5) is -2.53. The van der Waals surface area contributed by atoms with E-state index in [1.165, 1.54) is 345 Å². The first-order valence-electron chi connectivity index (χ1n) is 56.9. The van der Waals surface area contributed by atoms with Crippen molar-refractivity contribution in [1.29, 1.82) is 0 Å². The first-order valence-corrected chi connectivity index (χ1v) is 66.8. The lowest BCUT2D eigenvalue weighted by atomic mass is 9.94. The second-order valence-corrected chi connectivity index (χ2v) is 53.5. The average Bonchev–Trinajstić information content (AvgIpc) is 0.703. The highest BCUT2D eigenvalue weighted by Crippen LogP contribution is 2.45. The van der Waals surface area contributed by atoms with Gasteiger partial charge in [0.05, 0.1) is 63.9 Å². The Bertz CT molecular complexity index is 3550. The maximum atomic E-state index is 15.7. The molecule has 768 valence electrons. The van der Waals surface area contributed by atoms with Crippen molar-refractivity contribution < 1.29 is 50.5 Å². The SMILES string of the molecule is CCCCCCCCCCCCCCCCS(=O)(=O)c1cc2c3cc(S(=O)(=O)CCCCCCCCCCCCCCCC)c(S(=O)(=O)CCCCCCCCCCCCCCCC)cc3c3cc(S(=O)(=O)CCCCCCCCCCCCCCCC)c(S(=O)(=O)CCCCCCCCCCCCCCCC)cc3c2cc1S(=O)(=O)CCCCCCCCCCCCCCCC. The van der Waals surface area contributed by atoms with E-state index in [0.717, 1.165) is 154 Å². The van der Waals surface area contributed by atoms with Crippen molar-refractivity contribution >= 4 is 91.3 Å². The molecule has 0 fully saturated rings. The standard InChI is InChI=1S/C114H204O12S6/c1-7-13-19-25-31-37-43-49-55-61-67-73-79-85-91-127(115,116)109-97-103-104(98-110(109)128(117,118)92-86-80-74-68-62-56-50-44-38-32-26-20-14-8-2)106-100-112(130(121,122)94-88-82-76-70-64-58-52-46-40-34-28-22-16-10-4)114(132(125,126)96-90-84-78-72-66-60-54-48-42-36-30-24-18-12-6)102-108(106)107-101-113(131(123,124)95-89-83-77-71-65-59-53-47-41-35-29-23-17-11-5)111(99-105(103)107)129(119,120)93-87-81-75-69-63-57-51-45-39-33-27-21-15-9-3/h97-102H,7-96H2,1-6H3. The largest absolute Gasteiger partial charge is 0.224 e. The summed E-state index contributed by atoms with van der Waals surface area (Å²) >= 11 is 0. The van der Waals surface area contributed by atoms with E-state index in [1.807, 2.05) is 0 Å². The van der Waals surface area contributed by atoms with Crippen LogP contribution in [0.3, 0.4) is 0 Å². The summed E-state index contributed by atoms with van der Waals surface area (Å²) in [5.41, 5.74) is 0. The Hall–Kier alpha value is -2.64. The highest BCUT2D eigenvalue weighted by Gasteiger charge is 2.35. The molecule has 4 aromatic carbocycles. The first-order chi connectivity index (χ1) is 64.0. The van der Waals surface area contributed by atoms with Crippen LogP contribution in [0.15, 0.2) is 65.8 Å². The van der Waals surface area contributed by atoms with Gasteiger partial charge in [0.1, 0.15) is 0 Å². The summed E-state index contributed by atoms with van der Waals surface area (Å²) in [6, 6.07) is 8.19. The molecule has 0 aliphatic carbocycles. The van der Waals surface area contributed by atoms with Gasteiger partial charge in [-0.1, -0.05) is 542 Å². The number of benzene rings is 4. The number of unbranched alkanes of at least 4 members (excludes halogenated alkanes) is 78. The minimum Gasteiger partial charge on any atom is -0.224 e.